The zero-order valence-corrected chi connectivity index (χ0v) is 31.9. The maximum Gasteiger partial charge on any atom is 0.458 e. The van der Waals surface area contributed by atoms with E-state index in [1.54, 1.807) is 0 Å². The molecule has 0 radical (unpaired) electrons. The predicted molar refractivity (Wildman–Crippen MR) is 191 cm³/mol. The zero-order valence-electron chi connectivity index (χ0n) is 28.3. The van der Waals surface area contributed by atoms with Gasteiger partial charge < -0.3 is 31.7 Å². The highest BCUT2D eigenvalue weighted by Crippen LogP contribution is 2.80. The fourth-order valence-electron chi connectivity index (χ4n) is 4.33. The summed E-state index contributed by atoms with van der Waals surface area (Å²) < 4.78 is 73.1. The summed E-state index contributed by atoms with van der Waals surface area (Å²) in [5.41, 5.74) is 2.52. The van der Waals surface area contributed by atoms with Gasteiger partial charge in [-0.15, -0.1) is 18.1 Å². The summed E-state index contributed by atoms with van der Waals surface area (Å²) in [5.74, 6) is 1.50. The first-order valence-corrected chi connectivity index (χ1v) is 21.8. The molecule has 0 aromatic heterocycles. The molecule has 1 unspecified atom stereocenters. The van der Waals surface area contributed by atoms with E-state index in [0.717, 1.165) is 16.7 Å². The van der Waals surface area contributed by atoms with Crippen LogP contribution >= 0.6 is 30.6 Å². The molecule has 3 aromatic carbocycles. The van der Waals surface area contributed by atoms with Crippen LogP contribution in [0.15, 0.2) is 90.9 Å². The predicted octanol–water partition coefficient (Wildman–Crippen LogP) is 12.1. The van der Waals surface area contributed by atoms with Crippen molar-refractivity contribution in [1.29, 1.82) is 0 Å². The molecule has 0 aliphatic carbocycles. The summed E-state index contributed by atoms with van der Waals surface area (Å²) in [7, 11) is -15.1. The van der Waals surface area contributed by atoms with Crippen molar-refractivity contribution in [3.63, 3.8) is 0 Å². The Balaban J connectivity index is 2.25. The topological polar surface area (TPSA) is 123 Å². The minimum Gasteiger partial charge on any atom is -0.422 e. The smallest absolute Gasteiger partial charge is 0.422 e. The molecule has 16 heteroatoms. The Morgan fingerprint density at radius 2 is 0.638 bits per heavy atom. The van der Waals surface area contributed by atoms with Crippen molar-refractivity contribution in [3.05, 3.63) is 89.5 Å². The van der Waals surface area contributed by atoms with E-state index in [-0.39, 0.29) is 33.0 Å². The van der Waals surface area contributed by atoms with Crippen molar-refractivity contribution in [2.24, 2.45) is 18.1 Å². The van der Waals surface area contributed by atoms with Crippen LogP contribution in [0, 0.1) is 20.8 Å². The number of para-hydroxylation sites is 3. The van der Waals surface area contributed by atoms with Crippen molar-refractivity contribution < 1.29 is 36.2 Å². The number of nitrogens with zero attached hydrogens (tertiary/aromatic N) is 4. The molecule has 0 saturated carbocycles. The van der Waals surface area contributed by atoms with Crippen molar-refractivity contribution in [2.45, 2.75) is 55.4 Å². The van der Waals surface area contributed by atoms with Gasteiger partial charge >= 0.3 is 30.6 Å². The molecule has 0 spiro atoms. The van der Waals surface area contributed by atoms with E-state index in [4.69, 9.17) is 54.3 Å². The average molecular weight is 727 g/mol. The van der Waals surface area contributed by atoms with Crippen LogP contribution in [-0.4, -0.2) is 33.0 Å². The molecule has 0 amide bonds. The average Bonchev–Trinajstić information content (AvgIpc) is 3.01. The molecule has 0 bridgehead atoms. The van der Waals surface area contributed by atoms with E-state index in [1.165, 1.54) is 0 Å². The van der Waals surface area contributed by atoms with Gasteiger partial charge in [-0.3, -0.25) is 4.52 Å². The van der Waals surface area contributed by atoms with Gasteiger partial charge in [-0.05, 0) is 90.3 Å². The zero-order chi connectivity index (χ0) is 34.0. The van der Waals surface area contributed by atoms with Gasteiger partial charge in [0.15, 0.2) is 0 Å². The molecule has 1 atom stereocenters. The van der Waals surface area contributed by atoms with Gasteiger partial charge in [0.2, 0.25) is 0 Å². The van der Waals surface area contributed by atoms with Crippen molar-refractivity contribution in [3.8, 4) is 17.2 Å². The molecule has 1 aliphatic rings. The van der Waals surface area contributed by atoms with E-state index in [2.05, 4.69) is 0 Å². The van der Waals surface area contributed by atoms with Crippen LogP contribution in [-0.2, 0) is 22.6 Å². The molecule has 47 heavy (non-hydrogen) atoms. The van der Waals surface area contributed by atoms with Crippen LogP contribution in [0.2, 0.25) is 0 Å². The van der Waals surface area contributed by atoms with E-state index in [9.17, 15) is 0 Å². The molecular weight excluding hydrogens is 680 g/mol. The first kappa shape index (κ1) is 37.6. The molecule has 0 fully saturated rings. The van der Waals surface area contributed by atoms with Gasteiger partial charge in [-0.1, -0.05) is 54.6 Å². The molecular formula is C31H46N4O8P4. The third-order valence-corrected chi connectivity index (χ3v) is 17.8. The number of aryl methyl sites for hydroxylation is 3. The Morgan fingerprint density at radius 1 is 0.383 bits per heavy atom. The van der Waals surface area contributed by atoms with Gasteiger partial charge in [0.05, 0.1) is 33.0 Å². The number of rotatable bonds is 16. The molecule has 4 rings (SSSR count). The lowest BCUT2D eigenvalue weighted by atomic mass is 10.2. The second-order valence-corrected chi connectivity index (χ2v) is 18.6. The summed E-state index contributed by atoms with van der Waals surface area (Å²) >= 11 is 0. The van der Waals surface area contributed by atoms with Crippen molar-refractivity contribution >= 4 is 30.6 Å². The highest BCUT2D eigenvalue weighted by atomic mass is 31.3. The molecule has 12 nitrogen and oxygen atoms in total. The van der Waals surface area contributed by atoms with E-state index < -0.39 is 30.6 Å². The maximum absolute atomic E-state index is 6.88. The highest BCUT2D eigenvalue weighted by Gasteiger charge is 2.45. The fraction of sp³-hybridized carbons (Fsp3) is 0.419. The van der Waals surface area contributed by atoms with Crippen molar-refractivity contribution in [2.75, 3.05) is 33.0 Å². The van der Waals surface area contributed by atoms with Crippen molar-refractivity contribution in [1.82, 2.24) is 0 Å². The minimum absolute atomic E-state index is 0.177. The van der Waals surface area contributed by atoms with E-state index in [1.807, 2.05) is 128 Å². The van der Waals surface area contributed by atoms with Gasteiger partial charge in [-0.25, -0.2) is 0 Å². The lowest BCUT2D eigenvalue weighted by Crippen LogP contribution is -2.08. The molecule has 1 heterocycles. The summed E-state index contributed by atoms with van der Waals surface area (Å²) in [6.45, 7) is 16.0. The molecule has 3 aromatic rings. The minimum atomic E-state index is -3.97. The second kappa shape index (κ2) is 16.9. The van der Waals surface area contributed by atoms with Crippen LogP contribution in [0.1, 0.15) is 51.3 Å². The highest BCUT2D eigenvalue weighted by molar-refractivity contribution is 7.78. The Bertz CT molecular complexity index is 1680. The Labute approximate surface area is 279 Å². The van der Waals surface area contributed by atoms with E-state index >= 15 is 0 Å². The Hall–Kier alpha value is -2.22. The Kier molecular flexibility index (Phi) is 13.5. The van der Waals surface area contributed by atoms with Crippen LogP contribution in [0.3, 0.4) is 0 Å². The molecule has 0 N–H and O–H groups in total. The molecule has 1 aliphatic heterocycles. The summed E-state index contributed by atoms with van der Waals surface area (Å²) in [6.07, 6.45) is 0. The van der Waals surface area contributed by atoms with Gasteiger partial charge in [0, 0.05) is 0 Å². The standard InChI is InChI=1S/C31H46N4O8P4/c1-9-36-44(37-10-2)32-45(38-11-3,39-12-4)34-47(42-30-24-18-15-21-27(30)7,43-31-25-19-16-22-28(31)8)35-46(33-44,40-13-5)41-29-23-17-14-20-26(29)6/h14-25H,9-13H2,1-8H3. The maximum atomic E-state index is 6.88. The van der Waals surface area contributed by atoms with E-state index in [0.29, 0.717) is 17.2 Å². The summed E-state index contributed by atoms with van der Waals surface area (Å²) in [4.78, 5) is 0. The quantitative estimate of drug-likeness (QED) is 0.134. The first-order chi connectivity index (χ1) is 22.6. The van der Waals surface area contributed by atoms with Crippen LogP contribution in [0.25, 0.3) is 0 Å². The van der Waals surface area contributed by atoms with Crippen LogP contribution < -0.4 is 13.6 Å². The van der Waals surface area contributed by atoms with Crippen LogP contribution in [0.5, 0.6) is 17.2 Å². The summed E-state index contributed by atoms with van der Waals surface area (Å²) in [5, 5.41) is 0. The number of hydrogen-bond acceptors (Lipinski definition) is 12. The lowest BCUT2D eigenvalue weighted by molar-refractivity contribution is 0.246. The van der Waals surface area contributed by atoms with Crippen LogP contribution in [0.4, 0.5) is 0 Å². The third-order valence-electron chi connectivity index (χ3n) is 6.32. The lowest BCUT2D eigenvalue weighted by Gasteiger charge is -2.33. The second-order valence-electron chi connectivity index (χ2n) is 9.98. The van der Waals surface area contributed by atoms with Gasteiger partial charge in [0.1, 0.15) is 17.2 Å². The SMILES string of the molecule is CCOP1(OCC)=NP(OCC)(OCC)=NP(OCC)(Oc2ccccc2C)=NP(Oc2ccccc2C)(Oc2ccccc2C)=N1. The monoisotopic (exact) mass is 726 g/mol. The largest absolute Gasteiger partial charge is 0.458 e. The van der Waals surface area contributed by atoms with Gasteiger partial charge in [-0.2, -0.15) is 0 Å². The number of hydrogen-bond donors (Lipinski definition) is 0. The normalized spacial score (nSPS) is 19.5. The molecule has 258 valence electrons. The first-order valence-electron chi connectivity index (χ1n) is 15.6. The van der Waals surface area contributed by atoms with Gasteiger partial charge in [0.25, 0.3) is 0 Å². The molecule has 0 saturated heterocycles. The summed E-state index contributed by atoms with van der Waals surface area (Å²) in [6, 6.07) is 22.7. The fourth-order valence-corrected chi connectivity index (χ4v) is 17.0. The number of benzene rings is 3. The Morgan fingerprint density at radius 3 is 0.979 bits per heavy atom. The third kappa shape index (κ3) is 9.48.